The molecule has 0 spiro atoms. The molecule has 1 aliphatic heterocycles. The van der Waals surface area contributed by atoms with E-state index in [1.54, 1.807) is 13.2 Å². The molecule has 0 aromatic heterocycles. The van der Waals surface area contributed by atoms with E-state index in [9.17, 15) is 19.7 Å². The van der Waals surface area contributed by atoms with Crippen LogP contribution in [-0.4, -0.2) is 73.4 Å². The van der Waals surface area contributed by atoms with E-state index in [4.69, 9.17) is 4.74 Å². The highest BCUT2D eigenvalue weighted by Crippen LogP contribution is 2.25. The van der Waals surface area contributed by atoms with Crippen molar-refractivity contribution >= 4 is 23.2 Å². The number of rotatable bonds is 7. The van der Waals surface area contributed by atoms with Gasteiger partial charge in [-0.05, 0) is 30.8 Å². The number of nitrogens with zero attached hydrogens (tertiary/aromatic N) is 3. The van der Waals surface area contributed by atoms with Gasteiger partial charge in [0.1, 0.15) is 11.4 Å². The molecule has 3 rings (SSSR count). The molecule has 10 heteroatoms. The number of carbonyl (C=O) groups excluding carboxylic acids is 2. The monoisotopic (exact) mass is 441 g/mol. The van der Waals surface area contributed by atoms with Gasteiger partial charge in [0.05, 0.1) is 18.1 Å². The third-order valence-corrected chi connectivity index (χ3v) is 5.49. The Hall–Kier alpha value is -3.50. The van der Waals surface area contributed by atoms with Gasteiger partial charge in [0.25, 0.3) is 5.69 Å². The first-order chi connectivity index (χ1) is 15.4. The largest absolute Gasteiger partial charge is 0.497 e. The quantitative estimate of drug-likeness (QED) is 0.381. The number of nitro benzene ring substituents is 1. The minimum atomic E-state index is -0.953. The van der Waals surface area contributed by atoms with Crippen LogP contribution in [0.3, 0.4) is 0 Å². The normalized spacial score (nSPS) is 15.6. The zero-order valence-corrected chi connectivity index (χ0v) is 18.1. The summed E-state index contributed by atoms with van der Waals surface area (Å²) in [6.07, 6.45) is 0. The first-order valence-corrected chi connectivity index (χ1v) is 10.3. The van der Waals surface area contributed by atoms with Crippen molar-refractivity contribution in [1.82, 2.24) is 15.1 Å². The van der Waals surface area contributed by atoms with E-state index in [0.717, 1.165) is 37.5 Å². The molecule has 0 saturated carbocycles. The van der Waals surface area contributed by atoms with Crippen molar-refractivity contribution in [3.63, 3.8) is 0 Å². The fourth-order valence-corrected chi connectivity index (χ4v) is 3.60. The predicted molar refractivity (Wildman–Crippen MR) is 120 cm³/mol. The molecule has 2 amide bonds. The number of nitro groups is 1. The summed E-state index contributed by atoms with van der Waals surface area (Å²) >= 11 is 0. The summed E-state index contributed by atoms with van der Waals surface area (Å²) in [5, 5.41) is 16.1. The molecular formula is C22H27N5O5. The average Bonchev–Trinajstić information content (AvgIpc) is 2.80. The van der Waals surface area contributed by atoms with Crippen molar-refractivity contribution in [3.05, 3.63) is 64.2 Å². The number of hydrogen-bond donors (Lipinski definition) is 2. The second-order valence-electron chi connectivity index (χ2n) is 7.57. The molecule has 10 nitrogen and oxygen atoms in total. The van der Waals surface area contributed by atoms with Gasteiger partial charge < -0.3 is 20.3 Å². The lowest BCUT2D eigenvalue weighted by Gasteiger charge is -2.38. The second-order valence-corrected chi connectivity index (χ2v) is 7.57. The third-order valence-electron chi connectivity index (χ3n) is 5.49. The van der Waals surface area contributed by atoms with Crippen LogP contribution in [0.15, 0.2) is 48.5 Å². The van der Waals surface area contributed by atoms with Crippen LogP contribution < -0.4 is 15.4 Å². The molecule has 0 radical (unpaired) electrons. The van der Waals surface area contributed by atoms with Crippen LogP contribution in [0.2, 0.25) is 0 Å². The number of carbonyl (C=O) groups is 2. The van der Waals surface area contributed by atoms with Gasteiger partial charge in [-0.2, -0.15) is 0 Å². The number of likely N-dealkylation sites (N-methyl/N-ethyl adjacent to an activating group) is 1. The average molecular weight is 441 g/mol. The molecule has 1 fully saturated rings. The van der Waals surface area contributed by atoms with Crippen molar-refractivity contribution in [2.45, 2.75) is 6.04 Å². The molecular weight excluding hydrogens is 414 g/mol. The van der Waals surface area contributed by atoms with E-state index in [0.29, 0.717) is 0 Å². The fraction of sp³-hybridized carbons (Fsp3) is 0.364. The highest BCUT2D eigenvalue weighted by molar-refractivity contribution is 6.39. The number of amides is 2. The molecule has 2 N–H and O–H groups in total. The molecule has 0 bridgehead atoms. The predicted octanol–water partition coefficient (Wildman–Crippen LogP) is 1.65. The minimum absolute atomic E-state index is 0.0246. The number of para-hydroxylation sites is 2. The molecule has 1 saturated heterocycles. The van der Waals surface area contributed by atoms with Gasteiger partial charge in [0.15, 0.2) is 0 Å². The topological polar surface area (TPSA) is 117 Å². The van der Waals surface area contributed by atoms with Gasteiger partial charge in [-0.15, -0.1) is 0 Å². The standard InChI is InChI=1S/C22H27N5O5/c1-25-11-13-26(14-12-25)20(16-7-9-17(32-2)10-8-16)15-23-21(28)22(29)24-18-5-3-4-6-19(18)27(30)31/h3-10,20H,11-15H2,1-2H3,(H,23,28)(H,24,29)/t20-/m1/s1. The number of nitrogens with one attached hydrogen (secondary N) is 2. The minimum Gasteiger partial charge on any atom is -0.497 e. The van der Waals surface area contributed by atoms with Crippen molar-refractivity contribution in [3.8, 4) is 5.75 Å². The lowest BCUT2D eigenvalue weighted by Crippen LogP contribution is -2.49. The number of ether oxygens (including phenoxy) is 1. The van der Waals surface area contributed by atoms with Gasteiger partial charge >= 0.3 is 11.8 Å². The number of benzene rings is 2. The lowest BCUT2D eigenvalue weighted by atomic mass is 10.0. The van der Waals surface area contributed by atoms with Crippen LogP contribution in [0.4, 0.5) is 11.4 Å². The first kappa shape index (κ1) is 23.2. The summed E-state index contributed by atoms with van der Waals surface area (Å²) in [5.41, 5.74) is 0.695. The number of hydrogen-bond acceptors (Lipinski definition) is 7. The highest BCUT2D eigenvalue weighted by Gasteiger charge is 2.26. The smallest absolute Gasteiger partial charge is 0.313 e. The van der Waals surface area contributed by atoms with Gasteiger partial charge in [-0.1, -0.05) is 24.3 Å². The van der Waals surface area contributed by atoms with Gasteiger partial charge in [0.2, 0.25) is 0 Å². The van der Waals surface area contributed by atoms with E-state index in [-0.39, 0.29) is 24.0 Å². The molecule has 32 heavy (non-hydrogen) atoms. The van der Waals surface area contributed by atoms with Crippen molar-refractivity contribution in [1.29, 1.82) is 0 Å². The molecule has 0 aliphatic carbocycles. The fourth-order valence-electron chi connectivity index (χ4n) is 3.60. The molecule has 0 unspecified atom stereocenters. The summed E-state index contributed by atoms with van der Waals surface area (Å²) in [4.78, 5) is 39.8. The Balaban J connectivity index is 1.68. The summed E-state index contributed by atoms with van der Waals surface area (Å²) < 4.78 is 5.23. The third kappa shape index (κ3) is 5.80. The molecule has 2 aromatic rings. The number of piperazine rings is 1. The second kappa shape index (κ2) is 10.7. The van der Waals surface area contributed by atoms with Gasteiger partial charge in [-0.25, -0.2) is 0 Å². The molecule has 1 atom stereocenters. The molecule has 1 heterocycles. The van der Waals surface area contributed by atoms with Crippen molar-refractivity contribution in [2.75, 3.05) is 52.2 Å². The SMILES string of the molecule is COc1ccc([C@@H](CNC(=O)C(=O)Nc2ccccc2[N+](=O)[O-])N2CCN(C)CC2)cc1. The Morgan fingerprint density at radius 2 is 1.72 bits per heavy atom. The van der Waals surface area contributed by atoms with E-state index in [1.165, 1.54) is 18.2 Å². The Bertz CT molecular complexity index is 957. The molecule has 170 valence electrons. The van der Waals surface area contributed by atoms with Crippen LogP contribution in [0.5, 0.6) is 5.75 Å². The number of methoxy groups -OCH3 is 1. The highest BCUT2D eigenvalue weighted by atomic mass is 16.6. The molecule has 2 aromatic carbocycles. The van der Waals surface area contributed by atoms with E-state index >= 15 is 0 Å². The summed E-state index contributed by atoms with van der Waals surface area (Å²) in [6, 6.07) is 13.2. The van der Waals surface area contributed by atoms with Crippen LogP contribution in [0.1, 0.15) is 11.6 Å². The summed E-state index contributed by atoms with van der Waals surface area (Å²) in [6.45, 7) is 3.67. The Labute approximate surface area is 186 Å². The van der Waals surface area contributed by atoms with Crippen molar-refractivity contribution < 1.29 is 19.2 Å². The van der Waals surface area contributed by atoms with Crippen molar-refractivity contribution in [2.24, 2.45) is 0 Å². The van der Waals surface area contributed by atoms with E-state index in [1.807, 2.05) is 24.3 Å². The molecule has 1 aliphatic rings. The first-order valence-electron chi connectivity index (χ1n) is 10.3. The zero-order valence-electron chi connectivity index (χ0n) is 18.1. The maximum absolute atomic E-state index is 12.5. The van der Waals surface area contributed by atoms with Gasteiger partial charge in [-0.3, -0.25) is 24.6 Å². The summed E-state index contributed by atoms with van der Waals surface area (Å²) in [7, 11) is 3.66. The van der Waals surface area contributed by atoms with Crippen LogP contribution >= 0.6 is 0 Å². The van der Waals surface area contributed by atoms with E-state index in [2.05, 4.69) is 27.5 Å². The number of anilines is 1. The zero-order chi connectivity index (χ0) is 23.1. The maximum atomic E-state index is 12.5. The van der Waals surface area contributed by atoms with Crippen LogP contribution in [0.25, 0.3) is 0 Å². The maximum Gasteiger partial charge on any atom is 0.313 e. The Morgan fingerprint density at radius 1 is 1.06 bits per heavy atom. The Morgan fingerprint density at radius 3 is 2.34 bits per heavy atom. The van der Waals surface area contributed by atoms with Crippen LogP contribution in [0, 0.1) is 10.1 Å². The van der Waals surface area contributed by atoms with Crippen LogP contribution in [-0.2, 0) is 9.59 Å². The lowest BCUT2D eigenvalue weighted by molar-refractivity contribution is -0.383. The summed E-state index contributed by atoms with van der Waals surface area (Å²) in [5.74, 6) is -1.07. The van der Waals surface area contributed by atoms with Gasteiger partial charge in [0, 0.05) is 38.8 Å². The van der Waals surface area contributed by atoms with E-state index < -0.39 is 16.7 Å². The Kier molecular flexibility index (Phi) is 7.74.